The first-order valence-corrected chi connectivity index (χ1v) is 6.56. The van der Waals surface area contributed by atoms with Crippen LogP contribution in [0.1, 0.15) is 18.4 Å². The van der Waals surface area contributed by atoms with E-state index in [1.54, 1.807) is 6.07 Å². The highest BCUT2D eigenvalue weighted by molar-refractivity contribution is 6.45. The molecule has 0 aromatic heterocycles. The number of hydrazone groups is 1. The van der Waals surface area contributed by atoms with Crippen LogP contribution >= 0.6 is 0 Å². The molecule has 4 N–H and O–H groups in total. The number of nitrogens with zero attached hydrogens (tertiary/aromatic N) is 3. The van der Waals surface area contributed by atoms with Gasteiger partial charge in [0.25, 0.3) is 0 Å². The maximum atomic E-state index is 8.82. The molecule has 1 fully saturated rings. The molecule has 6 nitrogen and oxygen atoms in total. The lowest BCUT2D eigenvalue weighted by Crippen LogP contribution is -2.22. The second kappa shape index (κ2) is 6.06. The minimum absolute atomic E-state index is 0.115. The molecule has 0 amide bonds. The predicted molar refractivity (Wildman–Crippen MR) is 81.2 cm³/mol. The Morgan fingerprint density at radius 3 is 2.75 bits per heavy atom. The molecule has 0 radical (unpaired) electrons. The smallest absolute Gasteiger partial charge is 0.201 e. The molecule has 2 rings (SSSR count). The number of nitrogens with one attached hydrogen (secondary N) is 2. The molecule has 0 saturated carbocycles. The summed E-state index contributed by atoms with van der Waals surface area (Å²) in [7, 11) is 0. The van der Waals surface area contributed by atoms with Gasteiger partial charge in [0, 0.05) is 18.8 Å². The van der Waals surface area contributed by atoms with Gasteiger partial charge in [0.05, 0.1) is 5.69 Å². The van der Waals surface area contributed by atoms with Crippen LogP contribution in [0.25, 0.3) is 0 Å². The van der Waals surface area contributed by atoms with Gasteiger partial charge in [-0.25, -0.2) is 0 Å². The average Bonchev–Trinajstić information content (AvgIpc) is 2.94. The van der Waals surface area contributed by atoms with Gasteiger partial charge in [-0.05, 0) is 37.5 Å². The van der Waals surface area contributed by atoms with Crippen molar-refractivity contribution in [1.29, 1.82) is 10.7 Å². The minimum Gasteiger partial charge on any atom is -0.382 e. The summed E-state index contributed by atoms with van der Waals surface area (Å²) in [6, 6.07) is 7.73. The first-order valence-electron chi connectivity index (χ1n) is 6.56. The Morgan fingerprint density at radius 2 is 2.15 bits per heavy atom. The number of hydrogen-bond acceptors (Lipinski definition) is 5. The Hall–Kier alpha value is -2.55. The molecule has 1 aromatic carbocycles. The molecule has 1 aliphatic rings. The third-order valence-corrected chi connectivity index (χ3v) is 3.40. The summed E-state index contributed by atoms with van der Waals surface area (Å²) in [6.45, 7) is 4.17. The largest absolute Gasteiger partial charge is 0.382 e. The molecular formula is C14H18N6. The maximum absolute atomic E-state index is 8.82. The summed E-state index contributed by atoms with van der Waals surface area (Å²) in [5.41, 5.74) is 11.1. The van der Waals surface area contributed by atoms with E-state index >= 15 is 0 Å². The molecule has 104 valence electrons. The number of rotatable bonds is 4. The van der Waals surface area contributed by atoms with Crippen LogP contribution in [0, 0.1) is 23.7 Å². The Bertz CT molecular complexity index is 578. The van der Waals surface area contributed by atoms with Crippen molar-refractivity contribution < 1.29 is 0 Å². The van der Waals surface area contributed by atoms with E-state index in [4.69, 9.17) is 16.4 Å². The Balaban J connectivity index is 2.23. The van der Waals surface area contributed by atoms with Crippen LogP contribution in [0.5, 0.6) is 0 Å². The lowest BCUT2D eigenvalue weighted by atomic mass is 10.1. The molecule has 0 bridgehead atoms. The molecule has 1 saturated heterocycles. The van der Waals surface area contributed by atoms with Gasteiger partial charge < -0.3 is 10.6 Å². The number of anilines is 2. The third kappa shape index (κ3) is 2.88. The van der Waals surface area contributed by atoms with E-state index in [2.05, 4.69) is 21.5 Å². The summed E-state index contributed by atoms with van der Waals surface area (Å²) >= 11 is 0. The van der Waals surface area contributed by atoms with Gasteiger partial charge in [-0.2, -0.15) is 10.4 Å². The summed E-state index contributed by atoms with van der Waals surface area (Å²) in [6.07, 6.45) is 2.44. The Labute approximate surface area is 118 Å². The van der Waals surface area contributed by atoms with E-state index in [1.807, 2.05) is 19.1 Å². The van der Waals surface area contributed by atoms with Crippen LogP contribution in [0.2, 0.25) is 0 Å². The zero-order valence-corrected chi connectivity index (χ0v) is 11.5. The highest BCUT2D eigenvalue weighted by atomic mass is 15.3. The van der Waals surface area contributed by atoms with Crippen LogP contribution < -0.4 is 16.1 Å². The monoisotopic (exact) mass is 270 g/mol. The number of amidine groups is 1. The number of nitriles is 1. The lowest BCUT2D eigenvalue weighted by Gasteiger charge is -2.21. The second-order valence-electron chi connectivity index (χ2n) is 4.74. The van der Waals surface area contributed by atoms with E-state index in [0.29, 0.717) is 0 Å². The molecule has 1 heterocycles. The van der Waals surface area contributed by atoms with E-state index in [1.165, 1.54) is 18.5 Å². The van der Waals surface area contributed by atoms with Gasteiger partial charge >= 0.3 is 0 Å². The lowest BCUT2D eigenvalue weighted by molar-refractivity contribution is 0.949. The first-order chi connectivity index (χ1) is 9.63. The molecule has 6 heteroatoms. The van der Waals surface area contributed by atoms with E-state index < -0.39 is 0 Å². The van der Waals surface area contributed by atoms with Gasteiger partial charge in [-0.15, -0.1) is 0 Å². The molecular weight excluding hydrogens is 252 g/mol. The van der Waals surface area contributed by atoms with Crippen LogP contribution in [-0.2, 0) is 0 Å². The molecule has 20 heavy (non-hydrogen) atoms. The molecule has 1 aliphatic heterocycles. The van der Waals surface area contributed by atoms with Crippen molar-refractivity contribution in [3.63, 3.8) is 0 Å². The topological polar surface area (TPSA) is 101 Å². The van der Waals surface area contributed by atoms with E-state index in [9.17, 15) is 0 Å². The number of benzene rings is 1. The fraction of sp³-hybridized carbons (Fsp3) is 0.357. The summed E-state index contributed by atoms with van der Waals surface area (Å²) in [4.78, 5) is 2.35. The highest BCUT2D eigenvalue weighted by Crippen LogP contribution is 2.29. The van der Waals surface area contributed by atoms with Crippen LogP contribution in [0.15, 0.2) is 23.3 Å². The van der Waals surface area contributed by atoms with Gasteiger partial charge in [0.2, 0.25) is 5.71 Å². The normalized spacial score (nSPS) is 15.0. The van der Waals surface area contributed by atoms with Gasteiger partial charge in [-0.1, -0.05) is 6.07 Å². The SMILES string of the molecule is Cc1c(N/N=C(\C#N)C(=N)N)cccc1N1CCCC1. The van der Waals surface area contributed by atoms with Crippen molar-refractivity contribution in [1.82, 2.24) is 0 Å². The van der Waals surface area contributed by atoms with Crippen molar-refractivity contribution in [3.8, 4) is 6.07 Å². The zero-order valence-electron chi connectivity index (χ0n) is 11.5. The van der Waals surface area contributed by atoms with Crippen LogP contribution in [-0.4, -0.2) is 24.6 Å². The first kappa shape index (κ1) is 13.9. The average molecular weight is 270 g/mol. The second-order valence-corrected chi connectivity index (χ2v) is 4.74. The molecule has 0 spiro atoms. The summed E-state index contributed by atoms with van der Waals surface area (Å²) in [5.74, 6) is -0.339. The number of nitrogens with two attached hydrogens (primary N) is 1. The van der Waals surface area contributed by atoms with Gasteiger partial charge in [-0.3, -0.25) is 10.8 Å². The molecule has 1 aromatic rings. The standard InChI is InChI=1S/C14H18N6/c1-10-11(18-19-12(9-15)14(16)17)5-4-6-13(10)20-7-2-3-8-20/h4-6,18H,2-3,7-8H2,1H3,(H3,16,17)/b19-12+. The maximum Gasteiger partial charge on any atom is 0.201 e. The third-order valence-electron chi connectivity index (χ3n) is 3.40. The van der Waals surface area contributed by atoms with Crippen molar-refractivity contribution in [2.24, 2.45) is 10.8 Å². The summed E-state index contributed by atoms with van der Waals surface area (Å²) < 4.78 is 0. The Kier molecular flexibility index (Phi) is 4.20. The minimum atomic E-state index is -0.339. The fourth-order valence-corrected chi connectivity index (χ4v) is 2.31. The molecule has 0 atom stereocenters. The zero-order chi connectivity index (χ0) is 14.5. The quantitative estimate of drug-likeness (QED) is 0.441. The van der Waals surface area contributed by atoms with Crippen molar-refractivity contribution in [3.05, 3.63) is 23.8 Å². The summed E-state index contributed by atoms with van der Waals surface area (Å²) in [5, 5.41) is 19.9. The Morgan fingerprint density at radius 1 is 1.45 bits per heavy atom. The van der Waals surface area contributed by atoms with Crippen molar-refractivity contribution in [2.45, 2.75) is 19.8 Å². The van der Waals surface area contributed by atoms with Gasteiger partial charge in [0.15, 0.2) is 5.84 Å². The highest BCUT2D eigenvalue weighted by Gasteiger charge is 2.15. The van der Waals surface area contributed by atoms with E-state index in [0.717, 1.165) is 24.3 Å². The molecule has 0 aliphatic carbocycles. The fourth-order valence-electron chi connectivity index (χ4n) is 2.31. The van der Waals surface area contributed by atoms with Gasteiger partial charge in [0.1, 0.15) is 6.07 Å². The van der Waals surface area contributed by atoms with Crippen molar-refractivity contribution in [2.75, 3.05) is 23.4 Å². The van der Waals surface area contributed by atoms with E-state index in [-0.39, 0.29) is 11.5 Å². The van der Waals surface area contributed by atoms with Crippen LogP contribution in [0.4, 0.5) is 11.4 Å². The number of hydrogen-bond donors (Lipinski definition) is 3. The van der Waals surface area contributed by atoms with Crippen LogP contribution in [0.3, 0.4) is 0 Å². The predicted octanol–water partition coefficient (Wildman–Crippen LogP) is 1.82. The van der Waals surface area contributed by atoms with Crippen molar-refractivity contribution >= 4 is 22.9 Å². The molecule has 0 unspecified atom stereocenters.